The number of hydrogen-bond acceptors (Lipinski definition) is 10. The number of aliphatic imine (C=N–C) groups is 2. The monoisotopic (exact) mass is 925 g/mol. The van der Waals surface area contributed by atoms with E-state index in [-0.39, 0.29) is 46.3 Å². The fourth-order valence-corrected chi connectivity index (χ4v) is 12.7. The third kappa shape index (κ3) is 16.5. The smallest absolute Gasteiger partial charge is 0.306 e. The van der Waals surface area contributed by atoms with Gasteiger partial charge in [-0.1, -0.05) is 103 Å². The van der Waals surface area contributed by atoms with E-state index in [0.717, 1.165) is 64.2 Å². The van der Waals surface area contributed by atoms with Gasteiger partial charge in [-0.25, -0.2) is 9.98 Å². The molecule has 4 aliphatic carbocycles. The minimum absolute atomic E-state index is 0.102. The molecule has 378 valence electrons. The summed E-state index contributed by atoms with van der Waals surface area (Å²) in [6.07, 6.45) is 33.5. The summed E-state index contributed by atoms with van der Waals surface area (Å²) in [6, 6.07) is 2.83. The SMILES string of the molecule is CC1(C)CC(OC(=O)CCCCCCCCC(=O)OC2CC(C)(C)N(O/C(=N/C3CCCCC3)NC3CCCCC3)C(C)(C)C2)CC(C)(C)N1O/C(=N/C1CCCCC1)NC1CCCCC1. The van der Waals surface area contributed by atoms with Crippen molar-refractivity contribution in [3.8, 4) is 0 Å². The molecule has 12 heteroatoms. The van der Waals surface area contributed by atoms with E-state index >= 15 is 0 Å². The van der Waals surface area contributed by atoms with Gasteiger partial charge in [0.05, 0.1) is 34.2 Å². The first-order chi connectivity index (χ1) is 31.5. The van der Waals surface area contributed by atoms with Crippen LogP contribution in [0.3, 0.4) is 0 Å². The highest BCUT2D eigenvalue weighted by Crippen LogP contribution is 2.42. The number of unbranched alkanes of at least 4 members (excludes halogenated alkanes) is 5. The molecule has 2 heterocycles. The van der Waals surface area contributed by atoms with Gasteiger partial charge in [-0.05, 0) is 120 Å². The van der Waals surface area contributed by atoms with Crippen LogP contribution in [-0.2, 0) is 28.7 Å². The lowest BCUT2D eigenvalue weighted by Gasteiger charge is -2.52. The van der Waals surface area contributed by atoms with Crippen molar-refractivity contribution < 1.29 is 28.7 Å². The van der Waals surface area contributed by atoms with Gasteiger partial charge in [0.15, 0.2) is 0 Å². The Morgan fingerprint density at radius 1 is 0.439 bits per heavy atom. The molecule has 0 aromatic rings. The zero-order valence-electron chi connectivity index (χ0n) is 43.3. The zero-order valence-corrected chi connectivity index (χ0v) is 43.3. The number of nitrogens with one attached hydrogen (secondary N) is 2. The van der Waals surface area contributed by atoms with Crippen LogP contribution in [-0.4, -0.2) is 92.6 Å². The second-order valence-electron chi connectivity index (χ2n) is 24.1. The molecule has 6 fully saturated rings. The van der Waals surface area contributed by atoms with E-state index in [2.05, 4.69) is 76.1 Å². The average Bonchev–Trinajstić information content (AvgIpc) is 3.25. The van der Waals surface area contributed by atoms with Gasteiger partial charge >= 0.3 is 24.0 Å². The topological polar surface area (TPSA) is 126 Å². The summed E-state index contributed by atoms with van der Waals surface area (Å²) in [4.78, 5) is 50.3. The summed E-state index contributed by atoms with van der Waals surface area (Å²) in [5, 5.41) is 11.7. The molecule has 12 nitrogen and oxygen atoms in total. The molecule has 4 saturated carbocycles. The van der Waals surface area contributed by atoms with Crippen molar-refractivity contribution >= 4 is 24.0 Å². The molecule has 66 heavy (non-hydrogen) atoms. The molecular weight excluding hydrogens is 829 g/mol. The Morgan fingerprint density at radius 3 is 1.05 bits per heavy atom. The van der Waals surface area contributed by atoms with Gasteiger partial charge in [0.25, 0.3) is 0 Å². The van der Waals surface area contributed by atoms with Crippen molar-refractivity contribution in [2.75, 3.05) is 0 Å². The fourth-order valence-electron chi connectivity index (χ4n) is 12.7. The van der Waals surface area contributed by atoms with Gasteiger partial charge in [-0.15, -0.1) is 10.1 Å². The zero-order chi connectivity index (χ0) is 47.2. The Hall–Kier alpha value is -2.60. The number of amidine groups is 2. The van der Waals surface area contributed by atoms with Crippen molar-refractivity contribution in [1.82, 2.24) is 20.8 Å². The van der Waals surface area contributed by atoms with E-state index in [0.29, 0.717) is 74.7 Å². The lowest BCUT2D eigenvalue weighted by atomic mass is 9.80. The number of rotatable bonds is 17. The number of hydroxylamine groups is 4. The molecule has 0 aromatic heterocycles. The third-order valence-electron chi connectivity index (χ3n) is 15.7. The summed E-state index contributed by atoms with van der Waals surface area (Å²) in [6.45, 7) is 17.6. The summed E-state index contributed by atoms with van der Waals surface area (Å²) >= 11 is 0. The summed E-state index contributed by atoms with van der Waals surface area (Å²) < 4.78 is 12.3. The molecule has 2 N–H and O–H groups in total. The first-order valence-electron chi connectivity index (χ1n) is 27.5. The van der Waals surface area contributed by atoms with Gasteiger partial charge < -0.3 is 29.8 Å². The maximum Gasteiger partial charge on any atom is 0.306 e. The molecule has 0 amide bonds. The van der Waals surface area contributed by atoms with Crippen LogP contribution in [0.4, 0.5) is 0 Å². The summed E-state index contributed by atoms with van der Waals surface area (Å²) in [7, 11) is 0. The highest BCUT2D eigenvalue weighted by Gasteiger charge is 2.51. The van der Waals surface area contributed by atoms with Crippen LogP contribution in [0.25, 0.3) is 0 Å². The van der Waals surface area contributed by atoms with Gasteiger partial charge in [0, 0.05) is 50.6 Å². The molecule has 0 bridgehead atoms. The molecule has 0 aromatic carbocycles. The van der Waals surface area contributed by atoms with Gasteiger partial charge in [0.2, 0.25) is 0 Å². The van der Waals surface area contributed by atoms with E-state index in [9.17, 15) is 9.59 Å². The first kappa shape index (κ1) is 52.8. The van der Waals surface area contributed by atoms with Crippen molar-refractivity contribution in [3.05, 3.63) is 0 Å². The largest absolute Gasteiger partial charge is 0.462 e. The molecule has 0 atom stereocenters. The summed E-state index contributed by atoms with van der Waals surface area (Å²) in [5.74, 6) is -0.203. The van der Waals surface area contributed by atoms with Crippen molar-refractivity contribution in [2.45, 2.75) is 319 Å². The third-order valence-corrected chi connectivity index (χ3v) is 15.7. The molecular formula is C54H96N6O6. The standard InChI is InChI=1S/C54H96N6O6/c1-51(2)37-45(38-52(3,4)59(51)65-49(55-41-27-17-13-18-28-41)56-42-29-19-14-20-30-42)63-47(61)35-25-11-9-10-12-26-36-48(62)64-46-39-53(5,6)60(54(7,8)40-46)66-50(57-43-31-21-15-22-32-43)58-44-33-23-16-24-34-44/h41-46H,9-40H2,1-8H3,(H,55,56)(H,57,58). The predicted molar refractivity (Wildman–Crippen MR) is 266 cm³/mol. The number of hydrogen-bond donors (Lipinski definition) is 2. The number of carbonyl (C=O) groups excluding carboxylic acids is 2. The average molecular weight is 925 g/mol. The number of nitrogens with zero attached hydrogens (tertiary/aromatic N) is 4. The summed E-state index contributed by atoms with van der Waals surface area (Å²) in [5.41, 5.74) is -1.39. The Morgan fingerprint density at radius 2 is 0.727 bits per heavy atom. The number of carbonyl (C=O) groups is 2. The lowest BCUT2D eigenvalue weighted by molar-refractivity contribution is -0.249. The maximum atomic E-state index is 13.1. The van der Waals surface area contributed by atoms with Gasteiger partial charge in [-0.3, -0.25) is 9.59 Å². The Kier molecular flexibility index (Phi) is 19.8. The quantitative estimate of drug-likeness (QED) is 0.0630. The van der Waals surface area contributed by atoms with Crippen LogP contribution in [0.2, 0.25) is 0 Å². The molecule has 6 rings (SSSR count). The highest BCUT2D eigenvalue weighted by atomic mass is 16.7. The predicted octanol–water partition coefficient (Wildman–Crippen LogP) is 12.3. The fraction of sp³-hybridized carbons (Fsp3) is 0.926. The van der Waals surface area contributed by atoms with Gasteiger partial charge in [0.1, 0.15) is 12.2 Å². The second kappa shape index (κ2) is 24.8. The van der Waals surface area contributed by atoms with E-state index in [1.54, 1.807) is 0 Å². The molecule has 6 aliphatic rings. The minimum atomic E-state index is -0.348. The van der Waals surface area contributed by atoms with Crippen LogP contribution in [0.1, 0.15) is 261 Å². The highest BCUT2D eigenvalue weighted by molar-refractivity contribution is 5.74. The van der Waals surface area contributed by atoms with E-state index in [4.69, 9.17) is 29.1 Å². The Bertz CT molecular complexity index is 1410. The number of ether oxygens (including phenoxy) is 2. The molecule has 0 radical (unpaired) electrons. The Balaban J connectivity index is 0.867. The first-order valence-corrected chi connectivity index (χ1v) is 27.5. The van der Waals surface area contributed by atoms with Crippen LogP contribution in [0.5, 0.6) is 0 Å². The molecule has 0 unspecified atom stereocenters. The van der Waals surface area contributed by atoms with Crippen molar-refractivity contribution in [2.24, 2.45) is 9.98 Å². The van der Waals surface area contributed by atoms with Crippen LogP contribution in [0, 0.1) is 0 Å². The minimum Gasteiger partial charge on any atom is -0.462 e. The molecule has 2 aliphatic heterocycles. The molecule has 2 saturated heterocycles. The number of esters is 2. The maximum absolute atomic E-state index is 13.1. The van der Waals surface area contributed by atoms with Crippen molar-refractivity contribution in [3.63, 3.8) is 0 Å². The lowest BCUT2D eigenvalue weighted by Crippen LogP contribution is -2.63. The van der Waals surface area contributed by atoms with Gasteiger partial charge in [-0.2, -0.15) is 0 Å². The Labute approximate surface area is 401 Å². The van der Waals surface area contributed by atoms with E-state index in [1.807, 2.05) is 0 Å². The van der Waals surface area contributed by atoms with Crippen LogP contribution in [0.15, 0.2) is 9.98 Å². The van der Waals surface area contributed by atoms with E-state index < -0.39 is 0 Å². The second-order valence-corrected chi connectivity index (χ2v) is 24.1. The van der Waals surface area contributed by atoms with E-state index in [1.165, 1.54) is 103 Å². The van der Waals surface area contributed by atoms with Crippen molar-refractivity contribution in [1.29, 1.82) is 0 Å². The van der Waals surface area contributed by atoms with Crippen LogP contribution < -0.4 is 10.6 Å². The normalized spacial score (nSPS) is 25.8. The molecule has 0 spiro atoms. The number of piperidine rings is 2. The van der Waals surface area contributed by atoms with Crippen LogP contribution >= 0.6 is 0 Å².